The van der Waals surface area contributed by atoms with Crippen molar-refractivity contribution >= 4 is 5.91 Å². The smallest absolute Gasteiger partial charge is 0.231 e. The zero-order valence-corrected chi connectivity index (χ0v) is 13.1. The van der Waals surface area contributed by atoms with Gasteiger partial charge < -0.3 is 10.1 Å². The minimum Gasteiger partial charge on any atom is -0.381 e. The molecule has 0 aromatic heterocycles. The lowest BCUT2D eigenvalue weighted by molar-refractivity contribution is -0.131. The standard InChI is InChI=1S/C19H25NO2/c21-18(20-17(14-6-7-14)15-8-9-15)19(10-12-22-13-11-19)16-4-2-1-3-5-16/h1-5,14-15,17H,6-13H2,(H,20,21). The Morgan fingerprint density at radius 3 is 2.18 bits per heavy atom. The molecular formula is C19H25NO2. The second kappa shape index (κ2) is 5.69. The summed E-state index contributed by atoms with van der Waals surface area (Å²) in [5, 5.41) is 3.46. The minimum atomic E-state index is -0.387. The van der Waals surface area contributed by atoms with Gasteiger partial charge in [0.2, 0.25) is 5.91 Å². The largest absolute Gasteiger partial charge is 0.381 e. The molecule has 0 unspecified atom stereocenters. The van der Waals surface area contributed by atoms with Gasteiger partial charge in [-0.05, 0) is 55.9 Å². The molecule has 1 N–H and O–H groups in total. The topological polar surface area (TPSA) is 38.3 Å². The van der Waals surface area contributed by atoms with Crippen LogP contribution in [0, 0.1) is 11.8 Å². The third-order valence-corrected chi connectivity index (χ3v) is 5.66. The number of hydrogen-bond acceptors (Lipinski definition) is 2. The third kappa shape index (κ3) is 2.67. The summed E-state index contributed by atoms with van der Waals surface area (Å²) in [4.78, 5) is 13.2. The molecule has 22 heavy (non-hydrogen) atoms. The van der Waals surface area contributed by atoms with E-state index in [4.69, 9.17) is 4.74 Å². The maximum absolute atomic E-state index is 13.2. The molecular weight excluding hydrogens is 274 g/mol. The molecule has 1 amide bonds. The fourth-order valence-electron chi connectivity index (χ4n) is 3.94. The van der Waals surface area contributed by atoms with Gasteiger partial charge in [-0.3, -0.25) is 4.79 Å². The Bertz CT molecular complexity index is 516. The lowest BCUT2D eigenvalue weighted by Gasteiger charge is -2.37. The number of carbonyl (C=O) groups excluding carboxylic acids is 1. The van der Waals surface area contributed by atoms with E-state index < -0.39 is 0 Å². The molecule has 0 spiro atoms. The van der Waals surface area contributed by atoms with Crippen molar-refractivity contribution in [3.05, 3.63) is 35.9 Å². The molecule has 118 valence electrons. The Kier molecular flexibility index (Phi) is 3.69. The molecule has 3 aliphatic rings. The SMILES string of the molecule is O=C(NC(C1CC1)C1CC1)C1(c2ccccc2)CCOCC1. The van der Waals surface area contributed by atoms with Gasteiger partial charge in [-0.15, -0.1) is 0 Å². The molecule has 0 radical (unpaired) electrons. The Hall–Kier alpha value is -1.35. The van der Waals surface area contributed by atoms with Crippen molar-refractivity contribution in [3.63, 3.8) is 0 Å². The highest BCUT2D eigenvalue weighted by Crippen LogP contribution is 2.45. The predicted octanol–water partition coefficient (Wildman–Crippen LogP) is 3.04. The summed E-state index contributed by atoms with van der Waals surface area (Å²) in [5.41, 5.74) is 0.766. The maximum atomic E-state index is 13.2. The van der Waals surface area contributed by atoms with Gasteiger partial charge in [-0.1, -0.05) is 30.3 Å². The second-order valence-corrected chi connectivity index (χ2v) is 7.23. The number of benzene rings is 1. The summed E-state index contributed by atoms with van der Waals surface area (Å²) in [5.74, 6) is 1.72. The molecule has 1 heterocycles. The van der Waals surface area contributed by atoms with Crippen molar-refractivity contribution in [2.75, 3.05) is 13.2 Å². The van der Waals surface area contributed by atoms with E-state index in [-0.39, 0.29) is 11.3 Å². The molecule has 2 saturated carbocycles. The predicted molar refractivity (Wildman–Crippen MR) is 85.6 cm³/mol. The van der Waals surface area contributed by atoms with Crippen molar-refractivity contribution in [2.24, 2.45) is 11.8 Å². The second-order valence-electron chi connectivity index (χ2n) is 7.23. The molecule has 1 saturated heterocycles. The number of ether oxygens (including phenoxy) is 1. The highest BCUT2D eigenvalue weighted by Gasteiger charge is 2.47. The molecule has 1 aromatic carbocycles. The third-order valence-electron chi connectivity index (χ3n) is 5.66. The normalized spacial score (nSPS) is 24.2. The van der Waals surface area contributed by atoms with Gasteiger partial charge in [-0.25, -0.2) is 0 Å². The van der Waals surface area contributed by atoms with E-state index in [9.17, 15) is 4.79 Å². The van der Waals surface area contributed by atoms with Crippen LogP contribution >= 0.6 is 0 Å². The highest BCUT2D eigenvalue weighted by atomic mass is 16.5. The average Bonchev–Trinajstić information content (AvgIpc) is 3.47. The monoisotopic (exact) mass is 299 g/mol. The van der Waals surface area contributed by atoms with E-state index >= 15 is 0 Å². The van der Waals surface area contributed by atoms with Gasteiger partial charge in [0, 0.05) is 19.3 Å². The van der Waals surface area contributed by atoms with Crippen molar-refractivity contribution < 1.29 is 9.53 Å². The van der Waals surface area contributed by atoms with Crippen molar-refractivity contribution in [2.45, 2.75) is 50.0 Å². The van der Waals surface area contributed by atoms with Crippen LogP contribution in [0.2, 0.25) is 0 Å². The lowest BCUT2D eigenvalue weighted by atomic mass is 9.73. The quantitative estimate of drug-likeness (QED) is 0.907. The van der Waals surface area contributed by atoms with Gasteiger partial charge in [0.05, 0.1) is 5.41 Å². The summed E-state index contributed by atoms with van der Waals surface area (Å²) in [6, 6.07) is 10.7. The molecule has 1 aliphatic heterocycles. The first-order chi connectivity index (χ1) is 10.8. The van der Waals surface area contributed by atoms with E-state index in [2.05, 4.69) is 17.4 Å². The van der Waals surface area contributed by atoms with Crippen LogP contribution in [-0.2, 0) is 14.9 Å². The Balaban J connectivity index is 1.58. The van der Waals surface area contributed by atoms with Crippen LogP contribution in [0.25, 0.3) is 0 Å². The van der Waals surface area contributed by atoms with Gasteiger partial charge in [0.15, 0.2) is 0 Å². The van der Waals surface area contributed by atoms with E-state index in [0.717, 1.165) is 30.2 Å². The Morgan fingerprint density at radius 1 is 1.05 bits per heavy atom. The van der Waals surface area contributed by atoms with Crippen molar-refractivity contribution in [3.8, 4) is 0 Å². The molecule has 4 rings (SSSR count). The number of hydrogen-bond donors (Lipinski definition) is 1. The number of rotatable bonds is 5. The van der Waals surface area contributed by atoms with Crippen LogP contribution in [0.3, 0.4) is 0 Å². The Labute approximate surface area is 132 Å². The van der Waals surface area contributed by atoms with E-state index in [1.165, 1.54) is 25.7 Å². The zero-order valence-electron chi connectivity index (χ0n) is 13.1. The highest BCUT2D eigenvalue weighted by molar-refractivity contribution is 5.88. The number of amides is 1. The van der Waals surface area contributed by atoms with Gasteiger partial charge in [0.1, 0.15) is 0 Å². The van der Waals surface area contributed by atoms with Crippen LogP contribution in [0.15, 0.2) is 30.3 Å². The summed E-state index contributed by atoms with van der Waals surface area (Å²) in [6.45, 7) is 1.36. The van der Waals surface area contributed by atoms with Crippen molar-refractivity contribution in [1.29, 1.82) is 0 Å². The summed E-state index contributed by atoms with van der Waals surface area (Å²) in [6.07, 6.45) is 6.77. The molecule has 1 aromatic rings. The first-order valence-electron chi connectivity index (χ1n) is 8.74. The van der Waals surface area contributed by atoms with E-state index in [1.54, 1.807) is 0 Å². The van der Waals surface area contributed by atoms with E-state index in [0.29, 0.717) is 19.3 Å². The number of nitrogens with one attached hydrogen (secondary N) is 1. The fourth-order valence-corrected chi connectivity index (χ4v) is 3.94. The number of carbonyl (C=O) groups is 1. The molecule has 3 heteroatoms. The van der Waals surface area contributed by atoms with Crippen molar-refractivity contribution in [1.82, 2.24) is 5.32 Å². The first-order valence-corrected chi connectivity index (χ1v) is 8.74. The zero-order chi connectivity index (χ0) is 15.0. The first kappa shape index (κ1) is 14.3. The van der Waals surface area contributed by atoms with Crippen LogP contribution in [0.4, 0.5) is 0 Å². The Morgan fingerprint density at radius 2 is 1.64 bits per heavy atom. The van der Waals surface area contributed by atoms with Gasteiger partial charge >= 0.3 is 0 Å². The summed E-state index contributed by atoms with van der Waals surface area (Å²) >= 11 is 0. The van der Waals surface area contributed by atoms with Crippen LogP contribution < -0.4 is 5.32 Å². The summed E-state index contributed by atoms with van der Waals surface area (Å²) < 4.78 is 5.54. The maximum Gasteiger partial charge on any atom is 0.231 e. The molecule has 0 atom stereocenters. The molecule has 2 aliphatic carbocycles. The molecule has 0 bridgehead atoms. The lowest BCUT2D eigenvalue weighted by Crippen LogP contribution is -2.52. The van der Waals surface area contributed by atoms with Crippen LogP contribution in [0.1, 0.15) is 44.1 Å². The van der Waals surface area contributed by atoms with E-state index in [1.807, 2.05) is 18.2 Å². The fraction of sp³-hybridized carbons (Fsp3) is 0.632. The molecule has 3 fully saturated rings. The minimum absolute atomic E-state index is 0.241. The average molecular weight is 299 g/mol. The molecule has 3 nitrogen and oxygen atoms in total. The van der Waals surface area contributed by atoms with Crippen LogP contribution in [-0.4, -0.2) is 25.2 Å². The van der Waals surface area contributed by atoms with Crippen LogP contribution in [0.5, 0.6) is 0 Å². The summed E-state index contributed by atoms with van der Waals surface area (Å²) in [7, 11) is 0. The van der Waals surface area contributed by atoms with Gasteiger partial charge in [0.25, 0.3) is 0 Å². The van der Waals surface area contributed by atoms with Gasteiger partial charge in [-0.2, -0.15) is 0 Å².